The molecule has 0 aromatic carbocycles. The van der Waals surface area contributed by atoms with Crippen molar-refractivity contribution in [2.24, 2.45) is 11.8 Å². The van der Waals surface area contributed by atoms with Gasteiger partial charge >= 0.3 is 0 Å². The predicted octanol–water partition coefficient (Wildman–Crippen LogP) is 3.62. The van der Waals surface area contributed by atoms with Gasteiger partial charge < -0.3 is 0 Å². The van der Waals surface area contributed by atoms with Crippen LogP contribution in [0.1, 0.15) is 40.5 Å². The molecular weight excluding hydrogens is 131 g/mol. The largest absolute Gasteiger partial charge is 0.109 e. The van der Waals surface area contributed by atoms with Crippen LogP contribution in [0.3, 0.4) is 0 Å². The quantitative estimate of drug-likeness (QED) is 0.529. The first-order valence-corrected chi connectivity index (χ1v) is 4.91. The Labute approximate surface area is 73.0 Å². The molecule has 1 radical (unpaired) electrons. The molecule has 0 bridgehead atoms. The lowest BCUT2D eigenvalue weighted by Gasteiger charge is -2.21. The van der Waals surface area contributed by atoms with E-state index in [0.29, 0.717) is 0 Å². The maximum Gasteiger partial charge on any atom is 0.109 e. The van der Waals surface area contributed by atoms with Crippen LogP contribution in [-0.2, 0) is 0 Å². The molecule has 0 aliphatic carbocycles. The summed E-state index contributed by atoms with van der Waals surface area (Å²) in [5.74, 6) is 2.56. The van der Waals surface area contributed by atoms with E-state index in [-0.39, 0.29) is 0 Å². The third kappa shape index (κ3) is 4.50. The summed E-state index contributed by atoms with van der Waals surface area (Å²) in [7, 11) is 2.31. The van der Waals surface area contributed by atoms with Gasteiger partial charge in [-0.2, -0.15) is 0 Å². The van der Waals surface area contributed by atoms with Gasteiger partial charge in [0.25, 0.3) is 0 Å². The Bertz CT molecular complexity index is 88.9. The molecule has 0 rings (SSSR count). The highest BCUT2D eigenvalue weighted by Gasteiger charge is 2.13. The minimum absolute atomic E-state index is 0.794. The van der Waals surface area contributed by atoms with Crippen LogP contribution in [-0.4, -0.2) is 7.28 Å². The van der Waals surface area contributed by atoms with Gasteiger partial charge in [0, 0.05) is 0 Å². The number of hydrogen-bond acceptors (Lipinski definition) is 0. The summed E-state index contributed by atoms with van der Waals surface area (Å²) in [6.07, 6.45) is 2.69. The van der Waals surface area contributed by atoms with Gasteiger partial charge in [0.1, 0.15) is 7.28 Å². The molecule has 0 saturated carbocycles. The maximum absolute atomic E-state index is 2.33. The van der Waals surface area contributed by atoms with Gasteiger partial charge in [0.05, 0.1) is 0 Å². The van der Waals surface area contributed by atoms with Gasteiger partial charge in [0.15, 0.2) is 0 Å². The smallest absolute Gasteiger partial charge is 0.0917 e. The van der Waals surface area contributed by atoms with Gasteiger partial charge in [0.2, 0.25) is 0 Å². The third-order valence-electron chi connectivity index (χ3n) is 2.71. The fraction of sp³-hybridized carbons (Fsp3) is 1.00. The van der Waals surface area contributed by atoms with Crippen LogP contribution in [0.5, 0.6) is 0 Å². The Kier molecular flexibility index (Phi) is 5.72. The lowest BCUT2D eigenvalue weighted by molar-refractivity contribution is 0.345. The molecule has 2 unspecified atom stereocenters. The van der Waals surface area contributed by atoms with E-state index in [2.05, 4.69) is 41.8 Å². The normalized spacial score (nSPS) is 16.5. The van der Waals surface area contributed by atoms with Crippen LogP contribution in [0.4, 0.5) is 0 Å². The summed E-state index contributed by atoms with van der Waals surface area (Å²) in [5.41, 5.74) is 0. The van der Waals surface area contributed by atoms with Crippen molar-refractivity contribution in [3.63, 3.8) is 0 Å². The summed E-state index contributed by atoms with van der Waals surface area (Å²) in [6.45, 7) is 11.4. The minimum Gasteiger partial charge on any atom is -0.0917 e. The van der Waals surface area contributed by atoms with Crippen molar-refractivity contribution in [3.8, 4) is 0 Å². The SMILES string of the molecule is C[B]C(C)CC(CC)C(C)C. The highest BCUT2D eigenvalue weighted by molar-refractivity contribution is 6.35. The lowest BCUT2D eigenvalue weighted by atomic mass is 9.63. The van der Waals surface area contributed by atoms with Crippen molar-refractivity contribution in [2.45, 2.75) is 53.2 Å². The average molecular weight is 153 g/mol. The van der Waals surface area contributed by atoms with Crippen LogP contribution in [0.2, 0.25) is 12.6 Å². The summed E-state index contributed by atoms with van der Waals surface area (Å²) in [4.78, 5) is 0. The first-order valence-electron chi connectivity index (χ1n) is 4.91. The Balaban J connectivity index is 3.68. The second kappa shape index (κ2) is 5.68. The maximum atomic E-state index is 2.33. The van der Waals surface area contributed by atoms with Crippen LogP contribution < -0.4 is 0 Å². The molecule has 0 N–H and O–H groups in total. The summed E-state index contributed by atoms with van der Waals surface area (Å²) < 4.78 is 0. The second-order valence-electron chi connectivity index (χ2n) is 3.96. The topological polar surface area (TPSA) is 0 Å². The Morgan fingerprint density at radius 3 is 2.00 bits per heavy atom. The summed E-state index contributed by atoms with van der Waals surface area (Å²) in [5, 5.41) is 0. The Morgan fingerprint density at radius 2 is 1.73 bits per heavy atom. The molecule has 0 fully saturated rings. The molecule has 0 aromatic heterocycles. The average Bonchev–Trinajstić information content (AvgIpc) is 1.99. The van der Waals surface area contributed by atoms with Gasteiger partial charge in [-0.25, -0.2) is 0 Å². The molecule has 0 saturated heterocycles. The van der Waals surface area contributed by atoms with Crippen molar-refractivity contribution in [1.29, 1.82) is 0 Å². The van der Waals surface area contributed by atoms with Gasteiger partial charge in [-0.3, -0.25) is 0 Å². The van der Waals surface area contributed by atoms with Crippen LogP contribution in [0.15, 0.2) is 0 Å². The molecular formula is C10H22B. The fourth-order valence-electron chi connectivity index (χ4n) is 1.52. The molecule has 0 aliphatic heterocycles. The van der Waals surface area contributed by atoms with E-state index in [1.54, 1.807) is 0 Å². The molecule has 65 valence electrons. The second-order valence-corrected chi connectivity index (χ2v) is 3.96. The van der Waals surface area contributed by atoms with E-state index in [1.807, 2.05) is 0 Å². The first-order chi connectivity index (χ1) is 5.11. The monoisotopic (exact) mass is 153 g/mol. The van der Waals surface area contributed by atoms with E-state index in [4.69, 9.17) is 0 Å². The van der Waals surface area contributed by atoms with Crippen molar-refractivity contribution in [2.75, 3.05) is 0 Å². The summed E-state index contributed by atoms with van der Waals surface area (Å²) >= 11 is 0. The standard InChI is InChI=1S/C10H22B/c1-6-10(8(2)3)7-9(4)11-5/h8-10H,6-7H2,1-5H3. The van der Waals surface area contributed by atoms with Crippen molar-refractivity contribution in [3.05, 3.63) is 0 Å². The van der Waals surface area contributed by atoms with Crippen molar-refractivity contribution >= 4 is 7.28 Å². The predicted molar refractivity (Wildman–Crippen MR) is 54.3 cm³/mol. The molecule has 2 atom stereocenters. The van der Waals surface area contributed by atoms with Gasteiger partial charge in [-0.05, 0) is 11.8 Å². The van der Waals surface area contributed by atoms with E-state index >= 15 is 0 Å². The zero-order chi connectivity index (χ0) is 8.85. The highest BCUT2D eigenvalue weighted by atomic mass is 14.2. The van der Waals surface area contributed by atoms with Crippen molar-refractivity contribution < 1.29 is 0 Å². The third-order valence-corrected chi connectivity index (χ3v) is 2.71. The Hall–Kier alpha value is 0.0649. The fourth-order valence-corrected chi connectivity index (χ4v) is 1.52. The molecule has 1 heteroatoms. The van der Waals surface area contributed by atoms with E-state index < -0.39 is 0 Å². The lowest BCUT2D eigenvalue weighted by Crippen LogP contribution is -2.11. The van der Waals surface area contributed by atoms with E-state index in [9.17, 15) is 0 Å². The number of hydrogen-bond donors (Lipinski definition) is 0. The molecule has 0 aliphatic rings. The molecule has 0 amide bonds. The van der Waals surface area contributed by atoms with Gasteiger partial charge in [-0.15, -0.1) is 0 Å². The van der Waals surface area contributed by atoms with Crippen LogP contribution in [0.25, 0.3) is 0 Å². The molecule has 0 aromatic rings. The van der Waals surface area contributed by atoms with Gasteiger partial charge in [-0.1, -0.05) is 53.2 Å². The molecule has 0 heterocycles. The molecule has 0 nitrogen and oxygen atoms in total. The van der Waals surface area contributed by atoms with Crippen molar-refractivity contribution in [1.82, 2.24) is 0 Å². The Morgan fingerprint density at radius 1 is 1.18 bits per heavy atom. The zero-order valence-corrected chi connectivity index (χ0v) is 8.72. The summed E-state index contributed by atoms with van der Waals surface area (Å²) in [6, 6.07) is 0. The first kappa shape index (κ1) is 11.1. The molecule has 0 spiro atoms. The number of rotatable bonds is 5. The van der Waals surface area contributed by atoms with Crippen LogP contribution in [0, 0.1) is 11.8 Å². The van der Waals surface area contributed by atoms with E-state index in [1.165, 1.54) is 12.8 Å². The van der Waals surface area contributed by atoms with Crippen LogP contribution >= 0.6 is 0 Å². The highest BCUT2D eigenvalue weighted by Crippen LogP contribution is 2.25. The zero-order valence-electron chi connectivity index (χ0n) is 8.72. The van der Waals surface area contributed by atoms with E-state index in [0.717, 1.165) is 17.7 Å². The minimum atomic E-state index is 0.794. The molecule has 11 heavy (non-hydrogen) atoms.